The molecule has 0 fully saturated rings. The Bertz CT molecular complexity index is 3120. The number of nitrogens with zero attached hydrogens (tertiary/aromatic N) is 3. The number of para-hydroxylation sites is 1. The van der Waals surface area contributed by atoms with Crippen molar-refractivity contribution in [3.05, 3.63) is 192 Å². The molecular weight excluding hydrogens is 914 g/mol. The molecule has 0 aliphatic rings. The molecule has 0 unspecified atom stereocenters. The van der Waals surface area contributed by atoms with Crippen LogP contribution in [0, 0.1) is 26.8 Å². The van der Waals surface area contributed by atoms with Crippen LogP contribution in [0.5, 0.6) is 5.75 Å². The van der Waals surface area contributed by atoms with Gasteiger partial charge in [-0.15, -0.1) is 23.8 Å². The second-order valence-electron chi connectivity index (χ2n) is 16.4. The first-order valence-electron chi connectivity index (χ1n) is 21.5. The fourth-order valence-corrected chi connectivity index (χ4v) is 7.93. The first-order valence-corrected chi connectivity index (χ1v) is 20.0. The van der Waals surface area contributed by atoms with Gasteiger partial charge in [-0.2, -0.15) is 0 Å². The van der Waals surface area contributed by atoms with E-state index in [0.717, 1.165) is 83.6 Å². The van der Waals surface area contributed by atoms with Crippen molar-refractivity contribution >= 4 is 11.0 Å². The van der Waals surface area contributed by atoms with Gasteiger partial charge in [-0.05, 0) is 101 Å². The molecule has 2 aromatic heterocycles. The van der Waals surface area contributed by atoms with Crippen LogP contribution in [0.25, 0.3) is 83.9 Å². The smallest absolute Gasteiger partial charge is 0.148 e. The number of hydrogen-bond donors (Lipinski definition) is 1. The molecule has 0 spiro atoms. The molecule has 1 N–H and O–H groups in total. The zero-order chi connectivity index (χ0) is 43.3. The molecule has 5 heteroatoms. The Balaban J connectivity index is 0.00000544. The molecule has 2 heterocycles. The van der Waals surface area contributed by atoms with Gasteiger partial charge in [-0.25, -0.2) is 4.98 Å². The number of phenols is 1. The van der Waals surface area contributed by atoms with E-state index in [1.165, 1.54) is 5.56 Å². The van der Waals surface area contributed by atoms with Gasteiger partial charge < -0.3 is 5.11 Å². The summed E-state index contributed by atoms with van der Waals surface area (Å²) < 4.78 is 25.7. The van der Waals surface area contributed by atoms with E-state index in [1.54, 1.807) is 18.3 Å². The van der Waals surface area contributed by atoms with E-state index in [1.807, 2.05) is 74.5 Å². The van der Waals surface area contributed by atoms with Crippen LogP contribution in [0.3, 0.4) is 0 Å². The van der Waals surface area contributed by atoms with Crippen molar-refractivity contribution in [1.29, 1.82) is 0 Å². The molecular formula is C55H46N3OPt-. The van der Waals surface area contributed by atoms with Crippen LogP contribution >= 0.6 is 0 Å². The fourth-order valence-electron chi connectivity index (χ4n) is 7.93. The molecule has 0 bridgehead atoms. The van der Waals surface area contributed by atoms with Gasteiger partial charge in [-0.3, -0.25) is 9.55 Å². The molecule has 0 amide bonds. The average molecular weight is 963 g/mol. The van der Waals surface area contributed by atoms with Gasteiger partial charge in [0.15, 0.2) is 0 Å². The van der Waals surface area contributed by atoms with E-state index >= 15 is 0 Å². The van der Waals surface area contributed by atoms with Gasteiger partial charge >= 0.3 is 0 Å². The predicted molar refractivity (Wildman–Crippen MR) is 245 cm³/mol. The van der Waals surface area contributed by atoms with Crippen LogP contribution in [-0.4, -0.2) is 19.6 Å². The van der Waals surface area contributed by atoms with Crippen LogP contribution in [0.4, 0.5) is 0 Å². The van der Waals surface area contributed by atoms with Crippen molar-refractivity contribution in [2.24, 2.45) is 0 Å². The summed E-state index contributed by atoms with van der Waals surface area (Å²) in [7, 11) is 0. The van der Waals surface area contributed by atoms with Gasteiger partial charge in [0.2, 0.25) is 0 Å². The third kappa shape index (κ3) is 7.88. The molecule has 0 radical (unpaired) electrons. The standard InChI is InChI=1S/C55H46N3O.Pt/c1-35-20-22-40(23-21-35)41-24-25-56-50(33-41)45-29-42(38-14-9-7-10-15-38)28-44(30-45)48-18-13-19-51-52(48)57-54(49-27-36(2)26-37(3)53(49)59)58(51)47-32-43(39-16-11-8-12-17-39)31-46(34-47)55(4,5)6;/h7-29,31-34,59H,1-6H3;/q-1;/i1D3;. The zero-order valence-corrected chi connectivity index (χ0v) is 36.5. The first kappa shape index (κ1) is 36.7. The van der Waals surface area contributed by atoms with E-state index in [9.17, 15) is 5.11 Å². The normalized spacial score (nSPS) is 12.4. The summed E-state index contributed by atoms with van der Waals surface area (Å²) >= 11 is 0. The second kappa shape index (κ2) is 16.4. The molecule has 0 saturated carbocycles. The molecule has 0 aliphatic heterocycles. The van der Waals surface area contributed by atoms with E-state index in [-0.39, 0.29) is 32.2 Å². The van der Waals surface area contributed by atoms with E-state index in [4.69, 9.17) is 14.1 Å². The third-order valence-electron chi connectivity index (χ3n) is 11.0. The molecule has 0 aliphatic carbocycles. The van der Waals surface area contributed by atoms with Crippen LogP contribution < -0.4 is 0 Å². The Labute approximate surface area is 371 Å². The molecule has 60 heavy (non-hydrogen) atoms. The van der Waals surface area contributed by atoms with Crippen molar-refractivity contribution in [3.8, 4) is 78.6 Å². The molecule has 0 atom stereocenters. The minimum Gasteiger partial charge on any atom is -0.507 e. The second-order valence-corrected chi connectivity index (χ2v) is 16.4. The molecule has 9 aromatic rings. The predicted octanol–water partition coefficient (Wildman–Crippen LogP) is 14.1. The number of fused-ring (bicyclic) bond motifs is 1. The largest absolute Gasteiger partial charge is 0.507 e. The minimum atomic E-state index is -2.18. The van der Waals surface area contributed by atoms with Crippen LogP contribution in [-0.2, 0) is 26.5 Å². The molecule has 298 valence electrons. The van der Waals surface area contributed by atoms with Gasteiger partial charge in [0.1, 0.15) is 11.6 Å². The number of aromatic nitrogens is 3. The van der Waals surface area contributed by atoms with Crippen LogP contribution in [0.1, 0.15) is 47.1 Å². The number of hydrogen-bond acceptors (Lipinski definition) is 3. The Morgan fingerprint density at radius 2 is 1.27 bits per heavy atom. The summed E-state index contributed by atoms with van der Waals surface area (Å²) in [6, 6.07) is 56.7. The SMILES string of the molecule is [2H]C([2H])([2H])c1ccc(-c2ccnc(-c3[c-]c(-c4cccc5c4nc(-c4cc(C)cc(C)c4O)n5-c4cc(-c5ccccc5)cc(C(C)(C)C)c4)cc(-c4ccccc4)c3)c2)cc1.[Pt]. The summed E-state index contributed by atoms with van der Waals surface area (Å²) in [5, 5.41) is 11.8. The molecule has 4 nitrogen and oxygen atoms in total. The number of pyridine rings is 1. The number of aromatic hydroxyl groups is 1. The van der Waals surface area contributed by atoms with Crippen molar-refractivity contribution < 1.29 is 30.3 Å². The number of rotatable bonds is 7. The van der Waals surface area contributed by atoms with Crippen molar-refractivity contribution in [2.75, 3.05) is 0 Å². The van der Waals surface area contributed by atoms with Crippen molar-refractivity contribution in [3.63, 3.8) is 0 Å². The Hall–Kier alpha value is -6.35. The van der Waals surface area contributed by atoms with E-state index in [2.05, 4.69) is 116 Å². The summed E-state index contributed by atoms with van der Waals surface area (Å²) in [6.45, 7) is 8.49. The van der Waals surface area contributed by atoms with Gasteiger partial charge in [0.05, 0.1) is 16.6 Å². The topological polar surface area (TPSA) is 50.9 Å². The summed E-state index contributed by atoms with van der Waals surface area (Å²) in [6.07, 6.45) is 1.78. The maximum Gasteiger partial charge on any atom is 0.148 e. The maximum atomic E-state index is 11.8. The summed E-state index contributed by atoms with van der Waals surface area (Å²) in [5.41, 5.74) is 15.7. The number of aryl methyl sites for hydroxylation is 3. The van der Waals surface area contributed by atoms with Crippen LogP contribution in [0.15, 0.2) is 164 Å². The monoisotopic (exact) mass is 962 g/mol. The molecule has 0 saturated heterocycles. The van der Waals surface area contributed by atoms with Crippen molar-refractivity contribution in [1.82, 2.24) is 14.5 Å². The van der Waals surface area contributed by atoms with Crippen LogP contribution in [0.2, 0.25) is 0 Å². The van der Waals surface area contributed by atoms with Gasteiger partial charge in [-0.1, -0.05) is 158 Å². The summed E-state index contributed by atoms with van der Waals surface area (Å²) in [5.74, 6) is 0.836. The quantitative estimate of drug-likeness (QED) is 0.162. The van der Waals surface area contributed by atoms with Gasteiger partial charge in [0, 0.05) is 42.8 Å². The third-order valence-corrected chi connectivity index (χ3v) is 11.0. The Kier molecular flexibility index (Phi) is 10.0. The fraction of sp³-hybridized carbons (Fsp3) is 0.127. The maximum absolute atomic E-state index is 11.8. The summed E-state index contributed by atoms with van der Waals surface area (Å²) in [4.78, 5) is 10.3. The minimum absolute atomic E-state index is 0. The Morgan fingerprint density at radius 3 is 1.95 bits per heavy atom. The number of phenolic OH excluding ortho intramolecular Hbond substituents is 1. The first-order chi connectivity index (χ1) is 29.7. The van der Waals surface area contributed by atoms with E-state index < -0.39 is 6.85 Å². The van der Waals surface area contributed by atoms with Gasteiger partial charge in [0.25, 0.3) is 0 Å². The molecule has 9 rings (SSSR count). The number of imidazole rings is 1. The number of benzene rings is 7. The van der Waals surface area contributed by atoms with E-state index in [0.29, 0.717) is 17.0 Å². The molecule has 7 aromatic carbocycles. The van der Waals surface area contributed by atoms with Crippen molar-refractivity contribution in [2.45, 2.75) is 46.9 Å². The Morgan fingerprint density at radius 1 is 0.600 bits per heavy atom. The average Bonchev–Trinajstić information content (AvgIpc) is 3.67. The zero-order valence-electron chi connectivity index (χ0n) is 37.2.